The molecule has 0 radical (unpaired) electrons. The topological polar surface area (TPSA) is 55.1 Å². The Hall–Kier alpha value is -0.840. The Morgan fingerprint density at radius 3 is 2.70 bits per heavy atom. The number of carboxylic acids is 1. The minimum Gasteiger partial charge on any atom is -0.475 e. The lowest BCUT2D eigenvalue weighted by Gasteiger charge is -1.90. The molecule has 54 valence electrons. The highest BCUT2D eigenvalue weighted by atomic mass is 79.9. The van der Waals surface area contributed by atoms with Crippen LogP contribution in [0.25, 0.3) is 0 Å². The molecule has 0 fully saturated rings. The lowest BCUT2D eigenvalue weighted by atomic mass is 10.6. The number of nitrogens with zero attached hydrogens (tertiary/aromatic N) is 2. The van der Waals surface area contributed by atoms with E-state index in [-0.39, 0.29) is 5.82 Å². The van der Waals surface area contributed by atoms with Gasteiger partial charge in [-0.3, -0.25) is 0 Å². The van der Waals surface area contributed by atoms with Gasteiger partial charge in [0.25, 0.3) is 0 Å². The third-order valence-corrected chi connectivity index (χ3v) is 1.42. The molecule has 5 heteroatoms. The van der Waals surface area contributed by atoms with Crippen molar-refractivity contribution in [3.8, 4) is 0 Å². The normalized spacial score (nSPS) is 9.80. The molecule has 0 saturated carbocycles. The van der Waals surface area contributed by atoms with Crippen molar-refractivity contribution in [1.29, 1.82) is 0 Å². The molecule has 0 atom stereocenters. The third-order valence-electron chi connectivity index (χ3n) is 1.04. The SMILES string of the molecule is Cn1cc(Br)nc1C(=O)O. The summed E-state index contributed by atoms with van der Waals surface area (Å²) in [5.74, 6) is -0.986. The zero-order chi connectivity index (χ0) is 7.72. The van der Waals surface area contributed by atoms with Crippen molar-refractivity contribution in [2.75, 3.05) is 0 Å². The fourth-order valence-corrected chi connectivity index (χ4v) is 1.10. The van der Waals surface area contributed by atoms with Gasteiger partial charge in [0, 0.05) is 13.2 Å². The van der Waals surface area contributed by atoms with E-state index in [4.69, 9.17) is 5.11 Å². The second-order valence-electron chi connectivity index (χ2n) is 1.80. The van der Waals surface area contributed by atoms with E-state index >= 15 is 0 Å². The van der Waals surface area contributed by atoms with Crippen molar-refractivity contribution in [3.05, 3.63) is 16.6 Å². The number of halogens is 1. The molecule has 1 heterocycles. The second kappa shape index (κ2) is 2.42. The van der Waals surface area contributed by atoms with Crippen LogP contribution in [0, 0.1) is 0 Å². The quantitative estimate of drug-likeness (QED) is 0.740. The smallest absolute Gasteiger partial charge is 0.372 e. The van der Waals surface area contributed by atoms with Gasteiger partial charge >= 0.3 is 5.97 Å². The highest BCUT2D eigenvalue weighted by Crippen LogP contribution is 2.07. The molecular formula is C5H5BrN2O2. The van der Waals surface area contributed by atoms with Crippen LogP contribution in [0.1, 0.15) is 10.6 Å². The zero-order valence-electron chi connectivity index (χ0n) is 5.21. The molecule has 0 amide bonds. The first-order valence-corrected chi connectivity index (χ1v) is 3.32. The number of aryl methyl sites for hydroxylation is 1. The first-order chi connectivity index (χ1) is 4.61. The molecule has 0 aromatic carbocycles. The summed E-state index contributed by atoms with van der Waals surface area (Å²) in [6, 6.07) is 0. The van der Waals surface area contributed by atoms with Crippen LogP contribution in [0.15, 0.2) is 10.8 Å². The van der Waals surface area contributed by atoms with Crippen LogP contribution in [0.2, 0.25) is 0 Å². The monoisotopic (exact) mass is 204 g/mol. The van der Waals surface area contributed by atoms with Crippen LogP contribution in [0.4, 0.5) is 0 Å². The van der Waals surface area contributed by atoms with E-state index in [0.29, 0.717) is 4.60 Å². The van der Waals surface area contributed by atoms with E-state index in [0.717, 1.165) is 0 Å². The van der Waals surface area contributed by atoms with Gasteiger partial charge in [0.05, 0.1) is 0 Å². The summed E-state index contributed by atoms with van der Waals surface area (Å²) in [5, 5.41) is 8.47. The maximum Gasteiger partial charge on any atom is 0.372 e. The van der Waals surface area contributed by atoms with Crippen molar-refractivity contribution in [1.82, 2.24) is 9.55 Å². The van der Waals surface area contributed by atoms with Gasteiger partial charge in [0.1, 0.15) is 4.60 Å². The second-order valence-corrected chi connectivity index (χ2v) is 2.62. The highest BCUT2D eigenvalue weighted by molar-refractivity contribution is 9.10. The Kier molecular flexibility index (Phi) is 1.76. The minimum absolute atomic E-state index is 0.0341. The maximum absolute atomic E-state index is 10.3. The number of carbonyl (C=O) groups is 1. The van der Waals surface area contributed by atoms with E-state index in [1.807, 2.05) is 0 Å². The van der Waals surface area contributed by atoms with Gasteiger partial charge < -0.3 is 9.67 Å². The Balaban J connectivity index is 3.15. The Labute approximate surface area is 65.6 Å². The minimum atomic E-state index is -1.02. The van der Waals surface area contributed by atoms with Crippen molar-refractivity contribution < 1.29 is 9.90 Å². The summed E-state index contributed by atoms with van der Waals surface area (Å²) in [6.07, 6.45) is 1.59. The van der Waals surface area contributed by atoms with Gasteiger partial charge in [0.2, 0.25) is 5.82 Å². The molecule has 0 unspecified atom stereocenters. The molecule has 0 spiro atoms. The average Bonchev–Trinajstić information content (AvgIpc) is 2.10. The molecule has 0 aliphatic heterocycles. The van der Waals surface area contributed by atoms with E-state index in [2.05, 4.69) is 20.9 Å². The van der Waals surface area contributed by atoms with Gasteiger partial charge in [-0.25, -0.2) is 9.78 Å². The van der Waals surface area contributed by atoms with Gasteiger partial charge in [-0.05, 0) is 15.9 Å². The van der Waals surface area contributed by atoms with E-state index < -0.39 is 5.97 Å². The molecule has 0 aliphatic carbocycles. The van der Waals surface area contributed by atoms with E-state index in [9.17, 15) is 4.79 Å². The Bertz CT molecular complexity index is 269. The number of hydrogen-bond donors (Lipinski definition) is 1. The third kappa shape index (κ3) is 1.18. The number of imidazole rings is 1. The van der Waals surface area contributed by atoms with Gasteiger partial charge in [-0.1, -0.05) is 0 Å². The zero-order valence-corrected chi connectivity index (χ0v) is 6.79. The average molecular weight is 205 g/mol. The van der Waals surface area contributed by atoms with Crippen LogP contribution in [0.3, 0.4) is 0 Å². The van der Waals surface area contributed by atoms with Crippen LogP contribution in [-0.2, 0) is 7.05 Å². The molecule has 1 N–H and O–H groups in total. The number of aromatic nitrogens is 2. The first kappa shape index (κ1) is 7.27. The van der Waals surface area contributed by atoms with Gasteiger partial charge in [0.15, 0.2) is 0 Å². The largest absolute Gasteiger partial charge is 0.475 e. The van der Waals surface area contributed by atoms with Crippen LogP contribution >= 0.6 is 15.9 Å². The van der Waals surface area contributed by atoms with Crippen molar-refractivity contribution in [2.24, 2.45) is 7.05 Å². The summed E-state index contributed by atoms with van der Waals surface area (Å²) < 4.78 is 1.97. The molecular weight excluding hydrogens is 200 g/mol. The molecule has 10 heavy (non-hydrogen) atoms. The van der Waals surface area contributed by atoms with Crippen molar-refractivity contribution in [3.63, 3.8) is 0 Å². The lowest BCUT2D eigenvalue weighted by molar-refractivity contribution is 0.0679. The van der Waals surface area contributed by atoms with E-state index in [1.54, 1.807) is 13.2 Å². The molecule has 0 aliphatic rings. The van der Waals surface area contributed by atoms with Crippen LogP contribution in [-0.4, -0.2) is 20.6 Å². The number of aromatic carboxylic acids is 1. The van der Waals surface area contributed by atoms with Crippen LogP contribution in [0.5, 0.6) is 0 Å². The molecule has 4 nitrogen and oxygen atoms in total. The summed E-state index contributed by atoms with van der Waals surface area (Å²) >= 11 is 3.06. The van der Waals surface area contributed by atoms with Gasteiger partial charge in [-0.2, -0.15) is 0 Å². The summed E-state index contributed by atoms with van der Waals surface area (Å²) in [5.41, 5.74) is 0. The predicted octanol–water partition coefficient (Wildman–Crippen LogP) is 0.881. The van der Waals surface area contributed by atoms with E-state index in [1.165, 1.54) is 4.57 Å². The summed E-state index contributed by atoms with van der Waals surface area (Å²) in [6.45, 7) is 0. The maximum atomic E-state index is 10.3. The predicted molar refractivity (Wildman–Crippen MR) is 37.9 cm³/mol. The number of rotatable bonds is 1. The molecule has 1 aromatic heterocycles. The summed E-state index contributed by atoms with van der Waals surface area (Å²) in [7, 11) is 1.63. The first-order valence-electron chi connectivity index (χ1n) is 2.53. The van der Waals surface area contributed by atoms with Crippen molar-refractivity contribution >= 4 is 21.9 Å². The fraction of sp³-hybridized carbons (Fsp3) is 0.200. The molecule has 1 rings (SSSR count). The number of carboxylic acid groups (broad SMARTS) is 1. The number of hydrogen-bond acceptors (Lipinski definition) is 2. The van der Waals surface area contributed by atoms with Crippen LogP contribution < -0.4 is 0 Å². The Morgan fingerprint density at radius 1 is 1.90 bits per heavy atom. The van der Waals surface area contributed by atoms with Crippen molar-refractivity contribution in [2.45, 2.75) is 0 Å². The highest BCUT2D eigenvalue weighted by Gasteiger charge is 2.09. The molecule has 0 saturated heterocycles. The lowest BCUT2D eigenvalue weighted by Crippen LogP contribution is -2.04. The Morgan fingerprint density at radius 2 is 2.50 bits per heavy atom. The molecule has 1 aromatic rings. The molecule has 0 bridgehead atoms. The summed E-state index contributed by atoms with van der Waals surface area (Å²) in [4.78, 5) is 14.0. The van der Waals surface area contributed by atoms with Gasteiger partial charge in [-0.15, -0.1) is 0 Å². The fourth-order valence-electron chi connectivity index (χ4n) is 0.629. The standard InChI is InChI=1S/C5H5BrN2O2/c1-8-2-3(6)7-4(8)5(9)10/h2H,1H3,(H,9,10).